The quantitative estimate of drug-likeness (QED) is 0.315. The van der Waals surface area contributed by atoms with Crippen LogP contribution >= 0.6 is 11.6 Å². The molecule has 2 amide bonds. The van der Waals surface area contributed by atoms with Crippen molar-refractivity contribution in [2.75, 3.05) is 0 Å². The smallest absolute Gasteiger partial charge is 0.243 e. The summed E-state index contributed by atoms with van der Waals surface area (Å²) in [5, 5.41) is 3.91. The lowest BCUT2D eigenvalue weighted by Gasteiger charge is -2.32. The third-order valence-corrected chi connectivity index (χ3v) is 7.55. The number of benzene rings is 3. The highest BCUT2D eigenvalue weighted by molar-refractivity contribution is 6.30. The fourth-order valence-corrected chi connectivity index (χ4v) is 5.17. The number of nitrogens with zero attached hydrogens (tertiary/aromatic N) is 1. The van der Waals surface area contributed by atoms with E-state index in [4.69, 9.17) is 11.6 Å². The molecule has 5 heteroatoms. The van der Waals surface area contributed by atoms with Gasteiger partial charge < -0.3 is 10.2 Å². The van der Waals surface area contributed by atoms with Crippen molar-refractivity contribution < 1.29 is 9.59 Å². The number of carbonyl (C=O) groups is 2. The van der Waals surface area contributed by atoms with Crippen LogP contribution in [0.2, 0.25) is 5.02 Å². The number of amides is 2. The van der Waals surface area contributed by atoms with Gasteiger partial charge in [0.25, 0.3) is 0 Å². The van der Waals surface area contributed by atoms with Crippen molar-refractivity contribution in [2.45, 2.75) is 76.9 Å². The molecule has 0 spiro atoms. The molecule has 4 rings (SSSR count). The summed E-state index contributed by atoms with van der Waals surface area (Å²) in [5.74, 6) is -0.0811. The zero-order valence-corrected chi connectivity index (χ0v) is 22.4. The maximum absolute atomic E-state index is 13.8. The summed E-state index contributed by atoms with van der Waals surface area (Å²) in [7, 11) is 0. The first-order valence-electron chi connectivity index (χ1n) is 13.5. The summed E-state index contributed by atoms with van der Waals surface area (Å²) in [4.78, 5) is 29.3. The van der Waals surface area contributed by atoms with Crippen LogP contribution in [0.15, 0.2) is 78.9 Å². The van der Waals surface area contributed by atoms with Gasteiger partial charge in [0.1, 0.15) is 6.04 Å². The SMILES string of the molecule is CCc1ccc(CCC(=O)N(Cc2ccc(Cl)cc2)C(Cc2ccccc2)C(=O)NC2CCCC2)cc1. The Kier molecular flexibility index (Phi) is 9.78. The average Bonchev–Trinajstić information content (AvgIpc) is 3.44. The first-order chi connectivity index (χ1) is 18.0. The van der Waals surface area contributed by atoms with Gasteiger partial charge in [-0.25, -0.2) is 0 Å². The summed E-state index contributed by atoms with van der Waals surface area (Å²) in [6, 6.07) is 25.6. The topological polar surface area (TPSA) is 49.4 Å². The molecule has 1 unspecified atom stereocenters. The van der Waals surface area contributed by atoms with Crippen molar-refractivity contribution in [2.24, 2.45) is 0 Å². The normalized spacial score (nSPS) is 14.3. The van der Waals surface area contributed by atoms with Crippen LogP contribution in [0.4, 0.5) is 0 Å². The Bertz CT molecular complexity index is 1140. The van der Waals surface area contributed by atoms with Crippen molar-refractivity contribution >= 4 is 23.4 Å². The molecule has 0 radical (unpaired) electrons. The maximum Gasteiger partial charge on any atom is 0.243 e. The Morgan fingerprint density at radius 1 is 0.865 bits per heavy atom. The highest BCUT2D eigenvalue weighted by Crippen LogP contribution is 2.21. The Labute approximate surface area is 226 Å². The summed E-state index contributed by atoms with van der Waals surface area (Å²) in [6.07, 6.45) is 6.74. The average molecular weight is 517 g/mol. The van der Waals surface area contributed by atoms with Gasteiger partial charge in [0.2, 0.25) is 11.8 Å². The molecule has 1 fully saturated rings. The van der Waals surface area contributed by atoms with Crippen molar-refractivity contribution in [1.82, 2.24) is 10.2 Å². The molecular weight excluding hydrogens is 480 g/mol. The van der Waals surface area contributed by atoms with Gasteiger partial charge in [0, 0.05) is 30.5 Å². The van der Waals surface area contributed by atoms with Crippen LogP contribution in [-0.4, -0.2) is 28.8 Å². The van der Waals surface area contributed by atoms with E-state index in [9.17, 15) is 9.59 Å². The molecule has 1 aliphatic rings. The van der Waals surface area contributed by atoms with E-state index in [0.717, 1.165) is 48.8 Å². The molecule has 3 aromatic rings. The number of carbonyl (C=O) groups excluding carboxylic acids is 2. The van der Waals surface area contributed by atoms with Gasteiger partial charge in [0.15, 0.2) is 0 Å². The predicted octanol–water partition coefficient (Wildman–Crippen LogP) is 6.53. The lowest BCUT2D eigenvalue weighted by Crippen LogP contribution is -2.52. The van der Waals surface area contributed by atoms with Crippen LogP contribution in [0.1, 0.15) is 61.3 Å². The van der Waals surface area contributed by atoms with Gasteiger partial charge in [0.05, 0.1) is 0 Å². The van der Waals surface area contributed by atoms with Crippen molar-refractivity contribution in [3.05, 3.63) is 106 Å². The molecule has 1 N–H and O–H groups in total. The van der Waals surface area contributed by atoms with E-state index in [-0.39, 0.29) is 17.9 Å². The molecule has 0 aliphatic heterocycles. The minimum Gasteiger partial charge on any atom is -0.352 e. The molecule has 0 saturated heterocycles. The van der Waals surface area contributed by atoms with E-state index in [1.165, 1.54) is 5.56 Å². The van der Waals surface area contributed by atoms with Gasteiger partial charge >= 0.3 is 0 Å². The highest BCUT2D eigenvalue weighted by Gasteiger charge is 2.32. The second-order valence-electron chi connectivity index (χ2n) is 10.0. The highest BCUT2D eigenvalue weighted by atomic mass is 35.5. The Balaban J connectivity index is 1.58. The fraction of sp³-hybridized carbons (Fsp3) is 0.375. The molecule has 3 aromatic carbocycles. The zero-order chi connectivity index (χ0) is 26.0. The van der Waals surface area contributed by atoms with Gasteiger partial charge in [-0.1, -0.05) is 98.1 Å². The van der Waals surface area contributed by atoms with Gasteiger partial charge in [-0.2, -0.15) is 0 Å². The van der Waals surface area contributed by atoms with E-state index in [0.29, 0.717) is 30.8 Å². The van der Waals surface area contributed by atoms with Crippen molar-refractivity contribution in [1.29, 1.82) is 0 Å². The molecule has 0 bridgehead atoms. The second kappa shape index (κ2) is 13.4. The van der Waals surface area contributed by atoms with Crippen molar-refractivity contribution in [3.8, 4) is 0 Å². The zero-order valence-electron chi connectivity index (χ0n) is 21.7. The van der Waals surface area contributed by atoms with Crippen LogP contribution in [-0.2, 0) is 35.4 Å². The third kappa shape index (κ3) is 7.93. The molecule has 0 heterocycles. The summed E-state index contributed by atoms with van der Waals surface area (Å²) in [6.45, 7) is 2.50. The van der Waals surface area contributed by atoms with Crippen LogP contribution in [0.25, 0.3) is 0 Å². The number of halogens is 1. The molecule has 0 aromatic heterocycles. The predicted molar refractivity (Wildman–Crippen MR) is 150 cm³/mol. The number of aryl methyl sites for hydroxylation is 2. The van der Waals surface area contributed by atoms with E-state index in [2.05, 4.69) is 36.5 Å². The summed E-state index contributed by atoms with van der Waals surface area (Å²) >= 11 is 6.12. The molecule has 194 valence electrons. The minimum absolute atomic E-state index is 0.0166. The summed E-state index contributed by atoms with van der Waals surface area (Å²) in [5.41, 5.74) is 4.41. The molecule has 4 nitrogen and oxygen atoms in total. The lowest BCUT2D eigenvalue weighted by atomic mass is 10.0. The summed E-state index contributed by atoms with van der Waals surface area (Å²) < 4.78 is 0. The number of hydrogen-bond acceptors (Lipinski definition) is 2. The van der Waals surface area contributed by atoms with Gasteiger partial charge in [-0.3, -0.25) is 9.59 Å². The minimum atomic E-state index is -0.589. The van der Waals surface area contributed by atoms with E-state index in [1.807, 2.05) is 54.6 Å². The van der Waals surface area contributed by atoms with Crippen LogP contribution < -0.4 is 5.32 Å². The van der Waals surface area contributed by atoms with Crippen LogP contribution in [0, 0.1) is 0 Å². The number of nitrogens with one attached hydrogen (secondary N) is 1. The molecule has 37 heavy (non-hydrogen) atoms. The molecular formula is C32H37ClN2O2. The largest absolute Gasteiger partial charge is 0.352 e. The molecule has 1 atom stereocenters. The Morgan fingerprint density at radius 3 is 2.14 bits per heavy atom. The first kappa shape index (κ1) is 26.9. The number of rotatable bonds is 11. The first-order valence-corrected chi connectivity index (χ1v) is 13.9. The lowest BCUT2D eigenvalue weighted by molar-refractivity contribution is -0.141. The van der Waals surface area contributed by atoms with E-state index >= 15 is 0 Å². The molecule has 1 saturated carbocycles. The van der Waals surface area contributed by atoms with E-state index in [1.54, 1.807) is 4.90 Å². The van der Waals surface area contributed by atoms with Crippen molar-refractivity contribution in [3.63, 3.8) is 0 Å². The number of hydrogen-bond donors (Lipinski definition) is 1. The molecule has 1 aliphatic carbocycles. The second-order valence-corrected chi connectivity index (χ2v) is 10.5. The van der Waals surface area contributed by atoms with Gasteiger partial charge in [-0.15, -0.1) is 0 Å². The Morgan fingerprint density at radius 2 is 1.49 bits per heavy atom. The Hall–Kier alpha value is -3.11. The van der Waals surface area contributed by atoms with Gasteiger partial charge in [-0.05, 0) is 60.1 Å². The fourth-order valence-electron chi connectivity index (χ4n) is 5.04. The maximum atomic E-state index is 13.8. The standard InChI is InChI=1S/C32H37ClN2O2/c1-2-24-12-14-25(15-13-24)18-21-31(36)35(23-27-16-19-28(33)20-17-27)30(22-26-8-4-3-5-9-26)32(37)34-29-10-6-7-11-29/h3-5,8-9,12-17,19-20,29-30H,2,6-7,10-11,18,21-23H2,1H3,(H,34,37). The monoisotopic (exact) mass is 516 g/mol. The van der Waals surface area contributed by atoms with Crippen LogP contribution in [0.3, 0.4) is 0 Å². The van der Waals surface area contributed by atoms with Crippen LogP contribution in [0.5, 0.6) is 0 Å². The van der Waals surface area contributed by atoms with E-state index < -0.39 is 6.04 Å². The third-order valence-electron chi connectivity index (χ3n) is 7.30.